The number of rotatable bonds is 5. The standard InChI is InChI=1S/C23H22ClFN4O/c1-2-23(30)27-19-9-3-15(11-19)14-29-22(13-26-28-29)17-6-4-16(5-7-17)18-8-10-20(24)21(25)12-18/h4-8,10,12-13,15H,2-3,9,11,14H2,1H3/t15-/m1/s1. The van der Waals surface area contributed by atoms with Crippen LogP contribution in [0.4, 0.5) is 4.39 Å². The largest absolute Gasteiger partial charge is 0.273 e. The highest BCUT2D eigenvalue weighted by molar-refractivity contribution is 6.30. The molecule has 1 aliphatic carbocycles. The highest BCUT2D eigenvalue weighted by atomic mass is 35.5. The number of aromatic nitrogens is 3. The number of hydrogen-bond donors (Lipinski definition) is 0. The van der Waals surface area contributed by atoms with Crippen molar-refractivity contribution in [3.63, 3.8) is 0 Å². The molecular weight excluding hydrogens is 403 g/mol. The number of nitrogens with zero attached hydrogens (tertiary/aromatic N) is 4. The lowest BCUT2D eigenvalue weighted by atomic mass is 10.0. The number of halogens is 2. The Bertz CT molecular complexity index is 1090. The Morgan fingerprint density at radius 1 is 1.20 bits per heavy atom. The summed E-state index contributed by atoms with van der Waals surface area (Å²) in [6, 6.07) is 12.7. The second kappa shape index (κ2) is 8.88. The van der Waals surface area contributed by atoms with Gasteiger partial charge in [-0.05, 0) is 48.4 Å². The van der Waals surface area contributed by atoms with Crippen molar-refractivity contribution in [1.82, 2.24) is 15.0 Å². The van der Waals surface area contributed by atoms with Crippen LogP contribution in [0.25, 0.3) is 22.4 Å². The second-order valence-electron chi connectivity index (χ2n) is 7.54. The molecule has 1 aromatic heterocycles. The molecule has 7 heteroatoms. The van der Waals surface area contributed by atoms with E-state index in [1.807, 2.05) is 35.9 Å². The van der Waals surface area contributed by atoms with Gasteiger partial charge in [0.05, 0.1) is 16.9 Å². The number of amides is 1. The van der Waals surface area contributed by atoms with Gasteiger partial charge in [0.25, 0.3) is 0 Å². The van der Waals surface area contributed by atoms with Crippen molar-refractivity contribution < 1.29 is 9.18 Å². The van der Waals surface area contributed by atoms with Gasteiger partial charge in [0, 0.05) is 24.2 Å². The van der Waals surface area contributed by atoms with Crippen molar-refractivity contribution in [3.05, 3.63) is 59.5 Å². The predicted octanol–water partition coefficient (Wildman–Crippen LogP) is 5.58. The number of carbonyl (C=O) groups excluding carboxylic acids is 1. The summed E-state index contributed by atoms with van der Waals surface area (Å²) in [5, 5.41) is 8.46. The van der Waals surface area contributed by atoms with Crippen LogP contribution in [0.1, 0.15) is 32.6 Å². The van der Waals surface area contributed by atoms with Crippen LogP contribution in [0.3, 0.4) is 0 Å². The molecule has 2 aromatic carbocycles. The Morgan fingerprint density at radius 2 is 1.93 bits per heavy atom. The number of hydrogen-bond acceptors (Lipinski definition) is 3. The molecule has 0 spiro atoms. The molecular formula is C23H22ClFN4O. The van der Waals surface area contributed by atoms with Crippen LogP contribution < -0.4 is 0 Å². The molecule has 30 heavy (non-hydrogen) atoms. The molecule has 1 heterocycles. The Kier molecular flexibility index (Phi) is 6.04. The average molecular weight is 425 g/mol. The SMILES string of the molecule is CCC(=O)N=C1CC[C@@H](Cn2nncc2-c2ccc(-c3ccc(Cl)c(F)c3)cc2)C1. The van der Waals surface area contributed by atoms with Gasteiger partial charge in [-0.2, -0.15) is 0 Å². The molecule has 0 bridgehead atoms. The Labute approximate surface area is 179 Å². The lowest BCUT2D eigenvalue weighted by Gasteiger charge is -2.11. The number of benzene rings is 2. The zero-order valence-corrected chi connectivity index (χ0v) is 17.4. The predicted molar refractivity (Wildman–Crippen MR) is 116 cm³/mol. The topological polar surface area (TPSA) is 60.1 Å². The third kappa shape index (κ3) is 4.49. The monoisotopic (exact) mass is 424 g/mol. The maximum absolute atomic E-state index is 13.8. The van der Waals surface area contributed by atoms with E-state index in [1.165, 1.54) is 6.07 Å². The first kappa shape index (κ1) is 20.4. The van der Waals surface area contributed by atoms with Crippen molar-refractivity contribution in [2.45, 2.75) is 39.2 Å². The van der Waals surface area contributed by atoms with Crippen LogP contribution in [-0.4, -0.2) is 26.6 Å². The fraction of sp³-hybridized carbons (Fsp3) is 0.304. The fourth-order valence-corrected chi connectivity index (χ4v) is 3.91. The van der Waals surface area contributed by atoms with E-state index >= 15 is 0 Å². The molecule has 0 N–H and O–H groups in total. The molecule has 3 aromatic rings. The molecule has 1 aliphatic rings. The van der Waals surface area contributed by atoms with E-state index in [4.69, 9.17) is 11.6 Å². The maximum atomic E-state index is 13.8. The summed E-state index contributed by atoms with van der Waals surface area (Å²) in [4.78, 5) is 15.8. The van der Waals surface area contributed by atoms with E-state index in [2.05, 4.69) is 15.3 Å². The smallest absolute Gasteiger partial charge is 0.245 e. The third-order valence-electron chi connectivity index (χ3n) is 5.43. The molecule has 1 atom stereocenters. The number of aliphatic imine (C=N–C) groups is 1. The normalized spacial score (nSPS) is 17.6. The van der Waals surface area contributed by atoms with Crippen molar-refractivity contribution in [2.24, 2.45) is 10.9 Å². The molecule has 1 amide bonds. The minimum absolute atomic E-state index is 0.0484. The first-order valence-corrected chi connectivity index (χ1v) is 10.4. The van der Waals surface area contributed by atoms with E-state index in [0.717, 1.165) is 53.9 Å². The Morgan fingerprint density at radius 3 is 2.67 bits per heavy atom. The van der Waals surface area contributed by atoms with Gasteiger partial charge in [0.2, 0.25) is 5.91 Å². The van der Waals surface area contributed by atoms with Gasteiger partial charge in [-0.3, -0.25) is 4.79 Å². The molecule has 1 fully saturated rings. The van der Waals surface area contributed by atoms with E-state index < -0.39 is 5.82 Å². The molecule has 0 aliphatic heterocycles. The van der Waals surface area contributed by atoms with Gasteiger partial charge >= 0.3 is 0 Å². The van der Waals surface area contributed by atoms with Crippen molar-refractivity contribution >= 4 is 23.2 Å². The fourth-order valence-electron chi connectivity index (χ4n) is 3.79. The maximum Gasteiger partial charge on any atom is 0.245 e. The second-order valence-corrected chi connectivity index (χ2v) is 7.95. The van der Waals surface area contributed by atoms with Crippen LogP contribution in [0.2, 0.25) is 5.02 Å². The molecule has 0 unspecified atom stereocenters. The van der Waals surface area contributed by atoms with Crippen LogP contribution >= 0.6 is 11.6 Å². The summed E-state index contributed by atoms with van der Waals surface area (Å²) in [5.41, 5.74) is 4.60. The average Bonchev–Trinajstić information content (AvgIpc) is 3.40. The first-order valence-electron chi connectivity index (χ1n) is 10.1. The van der Waals surface area contributed by atoms with Crippen LogP contribution in [0, 0.1) is 11.7 Å². The molecule has 1 saturated carbocycles. The zero-order valence-electron chi connectivity index (χ0n) is 16.7. The Balaban J connectivity index is 1.49. The summed E-state index contributed by atoms with van der Waals surface area (Å²) >= 11 is 5.77. The minimum atomic E-state index is -0.430. The lowest BCUT2D eigenvalue weighted by molar-refractivity contribution is -0.117. The molecule has 154 valence electrons. The number of carbonyl (C=O) groups is 1. The first-order chi connectivity index (χ1) is 14.5. The van der Waals surface area contributed by atoms with E-state index in [1.54, 1.807) is 18.3 Å². The van der Waals surface area contributed by atoms with Gasteiger partial charge in [-0.25, -0.2) is 14.1 Å². The van der Waals surface area contributed by atoms with Crippen LogP contribution in [0.15, 0.2) is 53.7 Å². The summed E-state index contributed by atoms with van der Waals surface area (Å²) in [6.07, 6.45) is 4.89. The summed E-state index contributed by atoms with van der Waals surface area (Å²) in [6.45, 7) is 2.56. The van der Waals surface area contributed by atoms with Gasteiger partial charge in [-0.15, -0.1) is 5.10 Å². The van der Waals surface area contributed by atoms with Crippen molar-refractivity contribution in [2.75, 3.05) is 0 Å². The molecule has 5 nitrogen and oxygen atoms in total. The summed E-state index contributed by atoms with van der Waals surface area (Å²) < 4.78 is 15.7. The van der Waals surface area contributed by atoms with E-state index in [-0.39, 0.29) is 10.9 Å². The van der Waals surface area contributed by atoms with Gasteiger partial charge < -0.3 is 0 Å². The zero-order chi connectivity index (χ0) is 21.1. The van der Waals surface area contributed by atoms with Crippen molar-refractivity contribution in [1.29, 1.82) is 0 Å². The molecule has 4 rings (SSSR count). The van der Waals surface area contributed by atoms with Crippen LogP contribution in [0.5, 0.6) is 0 Å². The third-order valence-corrected chi connectivity index (χ3v) is 5.74. The summed E-state index contributed by atoms with van der Waals surface area (Å²) in [7, 11) is 0. The Hall–Kier alpha value is -2.86. The molecule has 0 saturated heterocycles. The van der Waals surface area contributed by atoms with Gasteiger partial charge in [0.1, 0.15) is 5.82 Å². The summed E-state index contributed by atoms with van der Waals surface area (Å²) in [5.74, 6) is -0.0847. The van der Waals surface area contributed by atoms with E-state index in [9.17, 15) is 9.18 Å². The lowest BCUT2D eigenvalue weighted by Crippen LogP contribution is -2.11. The quantitative estimate of drug-likeness (QED) is 0.537. The van der Waals surface area contributed by atoms with Crippen molar-refractivity contribution in [3.8, 4) is 22.4 Å². The van der Waals surface area contributed by atoms with Gasteiger partial charge in [-0.1, -0.05) is 54.1 Å². The highest BCUT2D eigenvalue weighted by Gasteiger charge is 2.23. The minimum Gasteiger partial charge on any atom is -0.273 e. The molecule has 0 radical (unpaired) electrons. The van der Waals surface area contributed by atoms with Crippen LogP contribution in [-0.2, 0) is 11.3 Å². The van der Waals surface area contributed by atoms with E-state index in [0.29, 0.717) is 12.3 Å². The van der Waals surface area contributed by atoms with Gasteiger partial charge in [0.15, 0.2) is 0 Å². The highest BCUT2D eigenvalue weighted by Crippen LogP contribution is 2.29.